The SMILES string of the molecule is COCC/C(=N\P(=O)(Oc1ccccc1)Oc1ccccc1)N(C(C)C)C(C)C. The van der Waals surface area contributed by atoms with Gasteiger partial charge >= 0.3 is 7.75 Å². The molecule has 0 aromatic heterocycles. The number of hydrogen-bond acceptors (Lipinski definition) is 4. The molecule has 0 aliphatic heterocycles. The Balaban J connectivity index is 2.48. The molecule has 0 bridgehead atoms. The molecule has 2 aromatic rings. The van der Waals surface area contributed by atoms with Gasteiger partial charge in [0.2, 0.25) is 0 Å². The molecule has 0 radical (unpaired) electrons. The fourth-order valence-corrected chi connectivity index (χ4v) is 4.43. The fraction of sp³-hybridized carbons (Fsp3) is 0.409. The summed E-state index contributed by atoms with van der Waals surface area (Å²) < 4.78 is 35.2. The highest BCUT2D eigenvalue weighted by Gasteiger charge is 2.31. The van der Waals surface area contributed by atoms with Crippen molar-refractivity contribution in [3.8, 4) is 11.5 Å². The van der Waals surface area contributed by atoms with E-state index >= 15 is 0 Å². The molecule has 0 spiro atoms. The topological polar surface area (TPSA) is 60.4 Å². The Kier molecular flexibility index (Phi) is 8.74. The van der Waals surface area contributed by atoms with Crippen molar-refractivity contribution in [2.45, 2.75) is 46.2 Å². The zero-order valence-corrected chi connectivity index (χ0v) is 18.7. The monoisotopic (exact) mass is 418 g/mol. The molecule has 0 atom stereocenters. The van der Waals surface area contributed by atoms with Gasteiger partial charge in [-0.1, -0.05) is 36.4 Å². The first-order valence-corrected chi connectivity index (χ1v) is 11.3. The van der Waals surface area contributed by atoms with Crippen LogP contribution in [-0.4, -0.2) is 36.5 Å². The first-order valence-electron chi connectivity index (χ1n) is 9.80. The van der Waals surface area contributed by atoms with Gasteiger partial charge < -0.3 is 18.7 Å². The molecular weight excluding hydrogens is 387 g/mol. The number of ether oxygens (including phenoxy) is 1. The van der Waals surface area contributed by atoms with Crippen molar-refractivity contribution in [2.24, 2.45) is 4.76 Å². The van der Waals surface area contributed by atoms with E-state index in [9.17, 15) is 4.57 Å². The molecule has 158 valence electrons. The molecule has 29 heavy (non-hydrogen) atoms. The second kappa shape index (κ2) is 11.0. The average molecular weight is 418 g/mol. The highest BCUT2D eigenvalue weighted by molar-refractivity contribution is 7.53. The number of nitrogens with zero attached hydrogens (tertiary/aromatic N) is 2. The molecule has 0 unspecified atom stereocenters. The molecule has 0 saturated carbocycles. The minimum Gasteiger partial charge on any atom is -0.399 e. The van der Waals surface area contributed by atoms with E-state index in [-0.39, 0.29) is 12.1 Å². The predicted octanol–water partition coefficient (Wildman–Crippen LogP) is 5.81. The van der Waals surface area contributed by atoms with Gasteiger partial charge in [-0.05, 0) is 52.0 Å². The number of para-hydroxylation sites is 2. The van der Waals surface area contributed by atoms with Crippen molar-refractivity contribution in [1.29, 1.82) is 0 Å². The Labute approximate surface area is 174 Å². The van der Waals surface area contributed by atoms with Crippen LogP contribution in [0.2, 0.25) is 0 Å². The standard InChI is InChI=1S/C22H31N2O4P/c1-18(2)24(19(3)4)22(16-17-26-5)23-29(25,27-20-12-8-6-9-13-20)28-21-14-10-7-11-15-21/h6-15,18-19H,16-17H2,1-5H3/b23-22+. The third kappa shape index (κ3) is 7.22. The van der Waals surface area contributed by atoms with E-state index < -0.39 is 7.75 Å². The first-order chi connectivity index (χ1) is 13.8. The van der Waals surface area contributed by atoms with Crippen LogP contribution in [0.5, 0.6) is 11.5 Å². The summed E-state index contributed by atoms with van der Waals surface area (Å²) in [5.74, 6) is 1.50. The normalized spacial score (nSPS) is 12.3. The van der Waals surface area contributed by atoms with Crippen LogP contribution in [0, 0.1) is 0 Å². The fourth-order valence-electron chi connectivity index (χ4n) is 3.05. The van der Waals surface area contributed by atoms with Crippen molar-refractivity contribution >= 4 is 13.6 Å². The summed E-state index contributed by atoms with van der Waals surface area (Å²) in [6.07, 6.45) is 0.493. The molecular formula is C22H31N2O4P. The molecule has 0 heterocycles. The van der Waals surface area contributed by atoms with E-state index in [1.54, 1.807) is 31.4 Å². The number of amidine groups is 1. The van der Waals surface area contributed by atoms with Gasteiger partial charge in [-0.2, -0.15) is 0 Å². The largest absolute Gasteiger partial charge is 0.564 e. The quantitative estimate of drug-likeness (QED) is 0.277. The van der Waals surface area contributed by atoms with E-state index in [4.69, 9.17) is 13.8 Å². The van der Waals surface area contributed by atoms with Crippen molar-refractivity contribution in [1.82, 2.24) is 4.90 Å². The zero-order chi connectivity index (χ0) is 21.3. The smallest absolute Gasteiger partial charge is 0.399 e. The second-order valence-electron chi connectivity index (χ2n) is 7.13. The predicted molar refractivity (Wildman–Crippen MR) is 118 cm³/mol. The molecule has 0 N–H and O–H groups in total. The maximum absolute atomic E-state index is 13.8. The summed E-state index contributed by atoms with van der Waals surface area (Å²) in [6, 6.07) is 18.2. The lowest BCUT2D eigenvalue weighted by molar-refractivity contribution is 0.199. The Hall–Kier alpha value is -2.30. The maximum Gasteiger partial charge on any atom is 0.564 e. The molecule has 0 fully saturated rings. The maximum atomic E-state index is 13.8. The van der Waals surface area contributed by atoms with Gasteiger partial charge in [0, 0.05) is 25.6 Å². The molecule has 2 rings (SSSR count). The lowest BCUT2D eigenvalue weighted by Crippen LogP contribution is -2.42. The van der Waals surface area contributed by atoms with Crippen molar-refractivity contribution in [3.63, 3.8) is 0 Å². The molecule has 0 aliphatic carbocycles. The summed E-state index contributed by atoms with van der Waals surface area (Å²) in [4.78, 5) is 2.11. The summed E-state index contributed by atoms with van der Waals surface area (Å²) in [7, 11) is -2.27. The van der Waals surface area contributed by atoms with Gasteiger partial charge in [-0.3, -0.25) is 0 Å². The molecule has 6 nitrogen and oxygen atoms in total. The van der Waals surface area contributed by atoms with Crippen LogP contribution in [-0.2, 0) is 9.30 Å². The van der Waals surface area contributed by atoms with Crippen molar-refractivity contribution in [3.05, 3.63) is 60.7 Å². The summed E-state index contributed by atoms with van der Waals surface area (Å²) in [5.41, 5.74) is 0. The van der Waals surface area contributed by atoms with E-state index in [1.807, 2.05) is 36.4 Å². The van der Waals surface area contributed by atoms with Crippen molar-refractivity contribution in [2.75, 3.05) is 13.7 Å². The van der Waals surface area contributed by atoms with Gasteiger partial charge in [-0.25, -0.2) is 4.57 Å². The second-order valence-corrected chi connectivity index (χ2v) is 8.63. The van der Waals surface area contributed by atoms with Gasteiger partial charge in [0.15, 0.2) is 0 Å². The van der Waals surface area contributed by atoms with Crippen LogP contribution in [0.15, 0.2) is 65.4 Å². The number of benzene rings is 2. The van der Waals surface area contributed by atoms with Crippen LogP contribution >= 0.6 is 7.75 Å². The number of hydrogen-bond donors (Lipinski definition) is 0. The van der Waals surface area contributed by atoms with Gasteiger partial charge in [-0.15, -0.1) is 4.76 Å². The summed E-state index contributed by atoms with van der Waals surface area (Å²) in [6.45, 7) is 8.74. The van der Waals surface area contributed by atoms with E-state index in [2.05, 4.69) is 37.4 Å². The first kappa shape index (κ1) is 23.0. The van der Waals surface area contributed by atoms with E-state index in [1.165, 1.54) is 0 Å². The minimum atomic E-state index is -3.90. The van der Waals surface area contributed by atoms with Crippen LogP contribution in [0.25, 0.3) is 0 Å². The average Bonchev–Trinajstić information content (AvgIpc) is 2.66. The van der Waals surface area contributed by atoms with E-state index in [0.717, 1.165) is 0 Å². The van der Waals surface area contributed by atoms with Crippen molar-refractivity contribution < 1.29 is 18.3 Å². The van der Waals surface area contributed by atoms with E-state index in [0.29, 0.717) is 30.4 Å². The van der Waals surface area contributed by atoms with Gasteiger partial charge in [0.05, 0.1) is 6.61 Å². The highest BCUT2D eigenvalue weighted by Crippen LogP contribution is 2.50. The number of rotatable bonds is 10. The highest BCUT2D eigenvalue weighted by atomic mass is 31.2. The van der Waals surface area contributed by atoms with Gasteiger partial charge in [0.1, 0.15) is 17.3 Å². The Morgan fingerprint density at radius 1 is 0.897 bits per heavy atom. The summed E-state index contributed by atoms with van der Waals surface area (Å²) in [5, 5.41) is 0. The van der Waals surface area contributed by atoms with Crippen LogP contribution in [0.1, 0.15) is 34.1 Å². The Bertz CT molecular complexity index is 757. The molecule has 0 amide bonds. The Morgan fingerprint density at radius 2 is 1.34 bits per heavy atom. The van der Waals surface area contributed by atoms with Crippen LogP contribution in [0.4, 0.5) is 0 Å². The third-order valence-corrected chi connectivity index (χ3v) is 5.47. The third-order valence-electron chi connectivity index (χ3n) is 4.11. The van der Waals surface area contributed by atoms with Crippen LogP contribution < -0.4 is 9.05 Å². The molecule has 0 aliphatic rings. The summed E-state index contributed by atoms with van der Waals surface area (Å²) >= 11 is 0. The molecule has 7 heteroatoms. The lowest BCUT2D eigenvalue weighted by Gasteiger charge is -2.34. The van der Waals surface area contributed by atoms with Gasteiger partial charge in [0.25, 0.3) is 0 Å². The molecule has 2 aromatic carbocycles. The van der Waals surface area contributed by atoms with Crippen LogP contribution in [0.3, 0.4) is 0 Å². The Morgan fingerprint density at radius 3 is 1.72 bits per heavy atom. The lowest BCUT2D eigenvalue weighted by atomic mass is 10.2. The zero-order valence-electron chi connectivity index (χ0n) is 17.8. The molecule has 0 saturated heterocycles. The number of methoxy groups -OCH3 is 1. The minimum absolute atomic E-state index is 0.160.